The zero-order chi connectivity index (χ0) is 19.6. The van der Waals surface area contributed by atoms with Crippen LogP contribution >= 0.6 is 23.8 Å². The molecule has 0 saturated carbocycles. The van der Waals surface area contributed by atoms with Crippen LogP contribution < -0.4 is 10.2 Å². The molecule has 1 aliphatic rings. The molecule has 1 saturated heterocycles. The number of halogens is 1. The zero-order valence-corrected chi connectivity index (χ0v) is 15.2. The Balaban J connectivity index is 1.84. The molecule has 0 unspecified atom stereocenters. The van der Waals surface area contributed by atoms with Crippen molar-refractivity contribution in [3.8, 4) is 0 Å². The van der Waals surface area contributed by atoms with E-state index in [1.165, 1.54) is 35.4 Å². The molecule has 3 rings (SSSR count). The van der Waals surface area contributed by atoms with Crippen molar-refractivity contribution in [3.05, 3.63) is 59.1 Å². The highest BCUT2D eigenvalue weighted by molar-refractivity contribution is 7.80. The van der Waals surface area contributed by atoms with E-state index in [9.17, 15) is 14.4 Å². The van der Waals surface area contributed by atoms with Gasteiger partial charge in [-0.3, -0.25) is 19.5 Å². The number of rotatable bonds is 4. The van der Waals surface area contributed by atoms with Crippen LogP contribution in [0.15, 0.2) is 53.5 Å². The van der Waals surface area contributed by atoms with Gasteiger partial charge in [0.05, 0.1) is 16.9 Å². The summed E-state index contributed by atoms with van der Waals surface area (Å²) in [4.78, 5) is 41.1. The Hall–Kier alpha value is -3.10. The van der Waals surface area contributed by atoms with Crippen molar-refractivity contribution in [2.24, 2.45) is 10.9 Å². The van der Waals surface area contributed by atoms with E-state index in [0.717, 1.165) is 0 Å². The average Bonchev–Trinajstić information content (AvgIpc) is 2.63. The lowest BCUT2D eigenvalue weighted by atomic mass is 10.1. The van der Waals surface area contributed by atoms with E-state index in [2.05, 4.69) is 10.3 Å². The standard InChI is InChI=1S/C18H12ClN3O4S/c19-11-3-7-13(8-4-11)22-16(24)14(15(23)21-18(22)27)9-20-12-5-1-10(2-6-12)17(25)26/h1-9,14H,(H,25,26)(H,21,23,27)/t14-/m0/s1. The third kappa shape index (κ3) is 4.02. The Kier molecular flexibility index (Phi) is 5.29. The number of hydrogen-bond donors (Lipinski definition) is 2. The molecule has 2 aromatic rings. The van der Waals surface area contributed by atoms with Gasteiger partial charge in [-0.05, 0) is 60.7 Å². The van der Waals surface area contributed by atoms with Gasteiger partial charge in [-0.1, -0.05) is 11.6 Å². The SMILES string of the molecule is O=C(O)c1ccc(N=C[C@H]2C(=O)NC(=S)N(c3ccc(Cl)cc3)C2=O)cc1. The highest BCUT2D eigenvalue weighted by Gasteiger charge is 2.38. The van der Waals surface area contributed by atoms with Crippen LogP contribution in [-0.4, -0.2) is 34.2 Å². The van der Waals surface area contributed by atoms with Crippen molar-refractivity contribution in [1.29, 1.82) is 0 Å². The van der Waals surface area contributed by atoms with Gasteiger partial charge in [-0.2, -0.15) is 0 Å². The number of amides is 2. The highest BCUT2D eigenvalue weighted by atomic mass is 35.5. The number of carbonyl (C=O) groups is 3. The molecule has 0 spiro atoms. The van der Waals surface area contributed by atoms with Gasteiger partial charge in [-0.15, -0.1) is 0 Å². The number of benzene rings is 2. The van der Waals surface area contributed by atoms with Gasteiger partial charge >= 0.3 is 5.97 Å². The van der Waals surface area contributed by atoms with E-state index in [-0.39, 0.29) is 10.7 Å². The molecule has 2 amide bonds. The molecule has 0 radical (unpaired) electrons. The van der Waals surface area contributed by atoms with Gasteiger partial charge in [0.1, 0.15) is 0 Å². The molecule has 0 aliphatic carbocycles. The van der Waals surface area contributed by atoms with E-state index in [4.69, 9.17) is 28.9 Å². The zero-order valence-electron chi connectivity index (χ0n) is 13.6. The Morgan fingerprint density at radius 3 is 2.37 bits per heavy atom. The van der Waals surface area contributed by atoms with E-state index in [0.29, 0.717) is 16.4 Å². The lowest BCUT2D eigenvalue weighted by molar-refractivity contribution is -0.130. The van der Waals surface area contributed by atoms with Gasteiger partial charge in [0.25, 0.3) is 5.91 Å². The summed E-state index contributed by atoms with van der Waals surface area (Å²) in [6.07, 6.45) is 1.21. The maximum absolute atomic E-state index is 12.8. The van der Waals surface area contributed by atoms with E-state index in [1.807, 2.05) is 0 Å². The Morgan fingerprint density at radius 1 is 1.15 bits per heavy atom. The van der Waals surface area contributed by atoms with Crippen molar-refractivity contribution in [3.63, 3.8) is 0 Å². The summed E-state index contributed by atoms with van der Waals surface area (Å²) in [5, 5.41) is 11.9. The summed E-state index contributed by atoms with van der Waals surface area (Å²) in [6, 6.07) is 12.2. The second-order valence-corrected chi connectivity index (χ2v) is 6.38. The molecular formula is C18H12ClN3O4S. The molecule has 2 aromatic carbocycles. The normalized spacial score (nSPS) is 17.3. The maximum atomic E-state index is 12.8. The Labute approximate surface area is 164 Å². The van der Waals surface area contributed by atoms with Crippen LogP contribution in [0.2, 0.25) is 5.02 Å². The Morgan fingerprint density at radius 2 is 1.78 bits per heavy atom. The number of nitrogens with one attached hydrogen (secondary N) is 1. The monoisotopic (exact) mass is 401 g/mol. The molecule has 0 bridgehead atoms. The van der Waals surface area contributed by atoms with Crippen LogP contribution in [0.5, 0.6) is 0 Å². The Bertz CT molecular complexity index is 958. The molecule has 1 aliphatic heterocycles. The molecule has 2 N–H and O–H groups in total. The third-order valence-electron chi connectivity index (χ3n) is 3.77. The van der Waals surface area contributed by atoms with Crippen molar-refractivity contribution in [2.75, 3.05) is 4.90 Å². The number of aromatic carboxylic acids is 1. The summed E-state index contributed by atoms with van der Waals surface area (Å²) < 4.78 is 0. The summed E-state index contributed by atoms with van der Waals surface area (Å²) >= 11 is 11.0. The lowest BCUT2D eigenvalue weighted by Gasteiger charge is -2.30. The van der Waals surface area contributed by atoms with Crippen molar-refractivity contribution in [1.82, 2.24) is 5.32 Å². The molecular weight excluding hydrogens is 390 g/mol. The summed E-state index contributed by atoms with van der Waals surface area (Å²) in [5.74, 6) is -3.36. The molecule has 1 heterocycles. The molecule has 0 aromatic heterocycles. The van der Waals surface area contributed by atoms with Crippen LogP contribution in [-0.2, 0) is 9.59 Å². The van der Waals surface area contributed by atoms with Crippen LogP contribution in [0.1, 0.15) is 10.4 Å². The molecule has 7 nitrogen and oxygen atoms in total. The summed E-state index contributed by atoms with van der Waals surface area (Å²) in [6.45, 7) is 0. The topological polar surface area (TPSA) is 99.1 Å². The fourth-order valence-corrected chi connectivity index (χ4v) is 2.83. The van der Waals surface area contributed by atoms with Crippen molar-refractivity contribution >= 4 is 64.3 Å². The number of anilines is 1. The smallest absolute Gasteiger partial charge is 0.335 e. The minimum atomic E-state index is -1.17. The fourth-order valence-electron chi connectivity index (χ4n) is 2.41. The highest BCUT2D eigenvalue weighted by Crippen LogP contribution is 2.23. The molecule has 27 heavy (non-hydrogen) atoms. The van der Waals surface area contributed by atoms with Crippen LogP contribution in [0.3, 0.4) is 0 Å². The van der Waals surface area contributed by atoms with Crippen LogP contribution in [0, 0.1) is 5.92 Å². The van der Waals surface area contributed by atoms with Crippen molar-refractivity contribution in [2.45, 2.75) is 0 Å². The number of hydrogen-bond acceptors (Lipinski definition) is 5. The number of thiocarbonyl (C=S) groups is 1. The van der Waals surface area contributed by atoms with Gasteiger partial charge in [0.15, 0.2) is 11.0 Å². The number of carboxylic acids is 1. The molecule has 1 fully saturated rings. The second-order valence-electron chi connectivity index (χ2n) is 5.55. The van der Waals surface area contributed by atoms with Crippen LogP contribution in [0.4, 0.5) is 11.4 Å². The van der Waals surface area contributed by atoms with Gasteiger partial charge < -0.3 is 10.4 Å². The predicted molar refractivity (Wildman–Crippen MR) is 105 cm³/mol. The van der Waals surface area contributed by atoms with E-state index in [1.54, 1.807) is 24.3 Å². The lowest BCUT2D eigenvalue weighted by Crippen LogP contribution is -2.58. The van der Waals surface area contributed by atoms with Crippen molar-refractivity contribution < 1.29 is 19.5 Å². The summed E-state index contributed by atoms with van der Waals surface area (Å²) in [5.41, 5.74) is 0.991. The third-order valence-corrected chi connectivity index (χ3v) is 4.31. The maximum Gasteiger partial charge on any atom is 0.335 e. The first-order valence-electron chi connectivity index (χ1n) is 7.69. The average molecular weight is 402 g/mol. The number of nitrogens with zero attached hydrogens (tertiary/aromatic N) is 2. The second kappa shape index (κ2) is 7.65. The first-order valence-corrected chi connectivity index (χ1v) is 8.47. The van der Waals surface area contributed by atoms with Gasteiger partial charge in [0, 0.05) is 11.2 Å². The largest absolute Gasteiger partial charge is 0.478 e. The molecule has 136 valence electrons. The summed E-state index contributed by atoms with van der Waals surface area (Å²) in [7, 11) is 0. The molecule has 9 heteroatoms. The number of aliphatic imine (C=N–C) groups is 1. The minimum Gasteiger partial charge on any atom is -0.478 e. The number of carbonyl (C=O) groups excluding carboxylic acids is 2. The van der Waals surface area contributed by atoms with Crippen LogP contribution in [0.25, 0.3) is 0 Å². The predicted octanol–water partition coefficient (Wildman–Crippen LogP) is 2.80. The minimum absolute atomic E-state index is 0.0252. The first-order chi connectivity index (χ1) is 12.9. The quantitative estimate of drug-likeness (QED) is 0.466. The van der Waals surface area contributed by atoms with Gasteiger partial charge in [-0.25, -0.2) is 4.79 Å². The number of carboxylic acid groups (broad SMARTS) is 1. The van der Waals surface area contributed by atoms with E-state index < -0.39 is 23.7 Å². The fraction of sp³-hybridized carbons (Fsp3) is 0.0556. The molecule has 1 atom stereocenters. The van der Waals surface area contributed by atoms with E-state index >= 15 is 0 Å². The van der Waals surface area contributed by atoms with Gasteiger partial charge in [0.2, 0.25) is 5.91 Å². The first kappa shape index (κ1) is 18.7.